The van der Waals surface area contributed by atoms with Crippen molar-refractivity contribution in [2.24, 2.45) is 0 Å². The lowest BCUT2D eigenvalue weighted by atomic mass is 10.2. The van der Waals surface area contributed by atoms with Crippen molar-refractivity contribution in [1.82, 2.24) is 0 Å². The fraction of sp³-hybridized carbons (Fsp3) is 0.500. The van der Waals surface area contributed by atoms with Crippen LogP contribution in [0.3, 0.4) is 0 Å². The summed E-state index contributed by atoms with van der Waals surface area (Å²) in [6.45, 7) is 8.53. The SMILES string of the molecule is CCOc1ccc(N(CC)CC)cc1O. The smallest absolute Gasteiger partial charge is 0.161 e. The highest BCUT2D eigenvalue weighted by molar-refractivity contribution is 5.55. The van der Waals surface area contributed by atoms with E-state index >= 15 is 0 Å². The molecule has 15 heavy (non-hydrogen) atoms. The van der Waals surface area contributed by atoms with Gasteiger partial charge in [-0.2, -0.15) is 0 Å². The van der Waals surface area contributed by atoms with Crippen molar-refractivity contribution in [3.63, 3.8) is 0 Å². The van der Waals surface area contributed by atoms with Gasteiger partial charge in [-0.1, -0.05) is 0 Å². The summed E-state index contributed by atoms with van der Waals surface area (Å²) in [4.78, 5) is 2.18. The van der Waals surface area contributed by atoms with Crippen molar-refractivity contribution >= 4 is 5.69 Å². The van der Waals surface area contributed by atoms with E-state index in [9.17, 15) is 5.11 Å². The average molecular weight is 209 g/mol. The minimum atomic E-state index is 0.209. The van der Waals surface area contributed by atoms with Gasteiger partial charge in [0.05, 0.1) is 6.61 Å². The van der Waals surface area contributed by atoms with Crippen LogP contribution in [0.5, 0.6) is 11.5 Å². The summed E-state index contributed by atoms with van der Waals surface area (Å²) in [6.07, 6.45) is 0. The minimum absolute atomic E-state index is 0.209. The fourth-order valence-corrected chi connectivity index (χ4v) is 1.57. The molecular weight excluding hydrogens is 190 g/mol. The molecule has 0 unspecified atom stereocenters. The van der Waals surface area contributed by atoms with E-state index < -0.39 is 0 Å². The summed E-state index contributed by atoms with van der Waals surface area (Å²) in [5, 5.41) is 9.71. The maximum Gasteiger partial charge on any atom is 0.161 e. The number of nitrogens with zero attached hydrogens (tertiary/aromatic N) is 1. The predicted molar refractivity (Wildman–Crippen MR) is 62.8 cm³/mol. The zero-order valence-corrected chi connectivity index (χ0v) is 9.66. The standard InChI is InChI=1S/C12H19NO2/c1-4-13(5-2)10-7-8-12(15-6-3)11(14)9-10/h7-9,14H,4-6H2,1-3H3. The van der Waals surface area contributed by atoms with E-state index in [4.69, 9.17) is 4.74 Å². The number of hydrogen-bond acceptors (Lipinski definition) is 3. The van der Waals surface area contributed by atoms with Crippen LogP contribution in [0.15, 0.2) is 18.2 Å². The second-order valence-electron chi connectivity index (χ2n) is 3.26. The first-order chi connectivity index (χ1) is 7.22. The number of benzene rings is 1. The molecule has 0 aliphatic carbocycles. The fourth-order valence-electron chi connectivity index (χ4n) is 1.57. The highest BCUT2D eigenvalue weighted by Crippen LogP contribution is 2.30. The van der Waals surface area contributed by atoms with E-state index in [-0.39, 0.29) is 5.75 Å². The zero-order chi connectivity index (χ0) is 11.3. The summed E-state index contributed by atoms with van der Waals surface area (Å²) in [5.74, 6) is 0.759. The minimum Gasteiger partial charge on any atom is -0.504 e. The van der Waals surface area contributed by atoms with E-state index in [0.717, 1.165) is 18.8 Å². The molecule has 0 amide bonds. The van der Waals surface area contributed by atoms with Crippen LogP contribution in [-0.4, -0.2) is 24.8 Å². The molecule has 1 aromatic rings. The molecule has 0 heterocycles. The van der Waals surface area contributed by atoms with Gasteiger partial charge in [-0.15, -0.1) is 0 Å². The Morgan fingerprint density at radius 3 is 2.33 bits per heavy atom. The number of aromatic hydroxyl groups is 1. The third-order valence-electron chi connectivity index (χ3n) is 2.37. The summed E-state index contributed by atoms with van der Waals surface area (Å²) in [6, 6.07) is 5.53. The van der Waals surface area contributed by atoms with Gasteiger partial charge in [0, 0.05) is 24.8 Å². The Kier molecular flexibility index (Phi) is 4.28. The van der Waals surface area contributed by atoms with Gasteiger partial charge >= 0.3 is 0 Å². The highest BCUT2D eigenvalue weighted by atomic mass is 16.5. The second kappa shape index (κ2) is 5.49. The monoisotopic (exact) mass is 209 g/mol. The molecule has 0 spiro atoms. The van der Waals surface area contributed by atoms with Crippen LogP contribution in [0.4, 0.5) is 5.69 Å². The normalized spacial score (nSPS) is 10.1. The highest BCUT2D eigenvalue weighted by Gasteiger charge is 2.06. The molecule has 0 bridgehead atoms. The van der Waals surface area contributed by atoms with Crippen molar-refractivity contribution in [1.29, 1.82) is 0 Å². The molecule has 0 radical (unpaired) electrons. The molecule has 3 nitrogen and oxygen atoms in total. The number of phenols is 1. The Hall–Kier alpha value is -1.38. The van der Waals surface area contributed by atoms with E-state index in [1.807, 2.05) is 19.1 Å². The summed E-state index contributed by atoms with van der Waals surface area (Å²) >= 11 is 0. The molecule has 0 atom stereocenters. The van der Waals surface area contributed by atoms with Gasteiger partial charge in [-0.05, 0) is 32.9 Å². The Morgan fingerprint density at radius 1 is 1.20 bits per heavy atom. The van der Waals surface area contributed by atoms with Crippen molar-refractivity contribution < 1.29 is 9.84 Å². The number of hydrogen-bond donors (Lipinski definition) is 1. The van der Waals surface area contributed by atoms with Crippen molar-refractivity contribution in [3.8, 4) is 11.5 Å². The number of rotatable bonds is 5. The van der Waals surface area contributed by atoms with E-state index in [1.54, 1.807) is 6.07 Å². The lowest BCUT2D eigenvalue weighted by Crippen LogP contribution is -2.21. The molecule has 0 aromatic heterocycles. The number of phenolic OH excluding ortho intramolecular Hbond substituents is 1. The van der Waals surface area contributed by atoms with Crippen LogP contribution in [0.25, 0.3) is 0 Å². The molecule has 1 N–H and O–H groups in total. The molecule has 1 rings (SSSR count). The first kappa shape index (κ1) is 11.7. The first-order valence-electron chi connectivity index (χ1n) is 5.43. The van der Waals surface area contributed by atoms with Gasteiger partial charge in [0.15, 0.2) is 11.5 Å². The van der Waals surface area contributed by atoms with Crippen LogP contribution in [0, 0.1) is 0 Å². The molecule has 0 aliphatic rings. The van der Waals surface area contributed by atoms with Gasteiger partial charge in [0.1, 0.15) is 0 Å². The molecule has 3 heteroatoms. The van der Waals surface area contributed by atoms with Crippen LogP contribution in [0.2, 0.25) is 0 Å². The molecular formula is C12H19NO2. The Balaban J connectivity index is 2.89. The topological polar surface area (TPSA) is 32.7 Å². The van der Waals surface area contributed by atoms with Crippen LogP contribution >= 0.6 is 0 Å². The third-order valence-corrected chi connectivity index (χ3v) is 2.37. The molecule has 0 saturated heterocycles. The Labute approximate surface area is 91.3 Å². The number of ether oxygens (including phenoxy) is 1. The van der Waals surface area contributed by atoms with Crippen LogP contribution in [-0.2, 0) is 0 Å². The predicted octanol–water partition coefficient (Wildman–Crippen LogP) is 2.64. The molecule has 1 aromatic carbocycles. The summed E-state index contributed by atoms with van der Waals surface area (Å²) < 4.78 is 5.27. The van der Waals surface area contributed by atoms with Crippen molar-refractivity contribution in [2.75, 3.05) is 24.6 Å². The quantitative estimate of drug-likeness (QED) is 0.809. The molecule has 0 saturated carbocycles. The first-order valence-corrected chi connectivity index (χ1v) is 5.43. The average Bonchev–Trinajstić information content (AvgIpc) is 2.24. The lowest BCUT2D eigenvalue weighted by Gasteiger charge is -2.21. The maximum absolute atomic E-state index is 9.71. The molecule has 0 aliphatic heterocycles. The van der Waals surface area contributed by atoms with Crippen molar-refractivity contribution in [3.05, 3.63) is 18.2 Å². The maximum atomic E-state index is 9.71. The Morgan fingerprint density at radius 2 is 1.87 bits per heavy atom. The van der Waals surface area contributed by atoms with Gasteiger partial charge in [0.2, 0.25) is 0 Å². The lowest BCUT2D eigenvalue weighted by molar-refractivity contribution is 0.318. The summed E-state index contributed by atoms with van der Waals surface area (Å²) in [7, 11) is 0. The van der Waals surface area contributed by atoms with Crippen LogP contribution in [0.1, 0.15) is 20.8 Å². The largest absolute Gasteiger partial charge is 0.504 e. The van der Waals surface area contributed by atoms with Crippen molar-refractivity contribution in [2.45, 2.75) is 20.8 Å². The number of anilines is 1. The van der Waals surface area contributed by atoms with E-state index in [0.29, 0.717) is 12.4 Å². The van der Waals surface area contributed by atoms with Gasteiger partial charge in [-0.3, -0.25) is 0 Å². The van der Waals surface area contributed by atoms with Gasteiger partial charge in [0.25, 0.3) is 0 Å². The van der Waals surface area contributed by atoms with Gasteiger partial charge < -0.3 is 14.7 Å². The molecule has 0 fully saturated rings. The zero-order valence-electron chi connectivity index (χ0n) is 9.66. The second-order valence-corrected chi connectivity index (χ2v) is 3.26. The third kappa shape index (κ3) is 2.78. The van der Waals surface area contributed by atoms with E-state index in [1.165, 1.54) is 0 Å². The van der Waals surface area contributed by atoms with Crippen LogP contribution < -0.4 is 9.64 Å². The van der Waals surface area contributed by atoms with Gasteiger partial charge in [-0.25, -0.2) is 0 Å². The summed E-state index contributed by atoms with van der Waals surface area (Å²) in [5.41, 5.74) is 1.03. The molecule has 84 valence electrons. The van der Waals surface area contributed by atoms with E-state index in [2.05, 4.69) is 18.7 Å². The Bertz CT molecular complexity index is 308.